The summed E-state index contributed by atoms with van der Waals surface area (Å²) < 4.78 is 5.62. The molecule has 0 atom stereocenters. The molecule has 7 nitrogen and oxygen atoms in total. The highest BCUT2D eigenvalue weighted by atomic mass is 16.4. The fraction of sp³-hybridized carbons (Fsp3) is 0.200. The van der Waals surface area contributed by atoms with Crippen molar-refractivity contribution in [3.05, 3.63) is 60.0 Å². The highest BCUT2D eigenvalue weighted by Crippen LogP contribution is 2.19. The van der Waals surface area contributed by atoms with Crippen LogP contribution in [0, 0.1) is 6.92 Å². The lowest BCUT2D eigenvalue weighted by Gasteiger charge is -2.06. The minimum absolute atomic E-state index is 0.142. The normalized spacial score (nSPS) is 10.4. The van der Waals surface area contributed by atoms with Crippen LogP contribution in [0.3, 0.4) is 0 Å². The average Bonchev–Trinajstić information content (AvgIpc) is 3.11. The van der Waals surface area contributed by atoms with Crippen LogP contribution in [0.15, 0.2) is 52.9 Å². The van der Waals surface area contributed by atoms with Crippen LogP contribution >= 0.6 is 0 Å². The quantitative estimate of drug-likeness (QED) is 0.697. The molecule has 3 aromatic rings. The van der Waals surface area contributed by atoms with Crippen LogP contribution < -0.4 is 10.6 Å². The zero-order valence-corrected chi connectivity index (χ0v) is 15.2. The SMILES string of the molecule is CC(=O)Nc1ccc(NC(=O)CCc2nnc(-c3ccc(C)cc3)o2)cc1. The molecule has 0 aliphatic carbocycles. The molecule has 0 fully saturated rings. The molecule has 1 aromatic heterocycles. The van der Waals surface area contributed by atoms with Crippen molar-refractivity contribution in [1.29, 1.82) is 0 Å². The smallest absolute Gasteiger partial charge is 0.247 e. The molecule has 3 rings (SSSR count). The van der Waals surface area contributed by atoms with Crippen molar-refractivity contribution in [2.24, 2.45) is 0 Å². The number of hydrogen-bond acceptors (Lipinski definition) is 5. The number of nitrogens with one attached hydrogen (secondary N) is 2. The molecule has 0 aliphatic rings. The van der Waals surface area contributed by atoms with Crippen LogP contribution in [-0.4, -0.2) is 22.0 Å². The third-order valence-electron chi connectivity index (χ3n) is 3.82. The molecule has 0 unspecified atom stereocenters. The van der Waals surface area contributed by atoms with Crippen molar-refractivity contribution in [3.8, 4) is 11.5 Å². The number of nitrogens with zero attached hydrogens (tertiary/aromatic N) is 2. The third kappa shape index (κ3) is 5.24. The van der Waals surface area contributed by atoms with E-state index in [1.54, 1.807) is 24.3 Å². The van der Waals surface area contributed by atoms with E-state index >= 15 is 0 Å². The van der Waals surface area contributed by atoms with Gasteiger partial charge in [-0.1, -0.05) is 17.7 Å². The second-order valence-corrected chi connectivity index (χ2v) is 6.17. The van der Waals surface area contributed by atoms with E-state index in [0.29, 0.717) is 29.6 Å². The lowest BCUT2D eigenvalue weighted by atomic mass is 10.1. The molecule has 138 valence electrons. The Labute approximate surface area is 156 Å². The molecule has 0 spiro atoms. The summed E-state index contributed by atoms with van der Waals surface area (Å²) in [4.78, 5) is 23.1. The van der Waals surface area contributed by atoms with Gasteiger partial charge in [0.05, 0.1) is 0 Å². The molecule has 27 heavy (non-hydrogen) atoms. The lowest BCUT2D eigenvalue weighted by Crippen LogP contribution is -2.12. The number of aromatic nitrogens is 2. The standard InChI is InChI=1S/C20H20N4O3/c1-13-3-5-15(6-4-13)20-24-23-19(27-20)12-11-18(26)22-17-9-7-16(8-10-17)21-14(2)25/h3-10H,11-12H2,1-2H3,(H,21,25)(H,22,26). The lowest BCUT2D eigenvalue weighted by molar-refractivity contribution is -0.116. The molecule has 2 amide bonds. The number of amides is 2. The van der Waals surface area contributed by atoms with Gasteiger partial charge in [0.2, 0.25) is 23.6 Å². The Balaban J connectivity index is 1.52. The van der Waals surface area contributed by atoms with Crippen LogP contribution in [0.1, 0.15) is 24.8 Å². The molecule has 0 radical (unpaired) electrons. The Kier molecular flexibility index (Phi) is 5.61. The van der Waals surface area contributed by atoms with Gasteiger partial charge in [0.15, 0.2) is 0 Å². The second-order valence-electron chi connectivity index (χ2n) is 6.17. The first kappa shape index (κ1) is 18.3. The summed E-state index contributed by atoms with van der Waals surface area (Å²) in [5, 5.41) is 13.5. The van der Waals surface area contributed by atoms with Gasteiger partial charge in [-0.2, -0.15) is 0 Å². The molecule has 1 heterocycles. The molecule has 2 aromatic carbocycles. The molecule has 0 saturated heterocycles. The fourth-order valence-electron chi connectivity index (χ4n) is 2.45. The molecule has 7 heteroatoms. The molecule has 0 aliphatic heterocycles. The van der Waals surface area contributed by atoms with E-state index in [2.05, 4.69) is 20.8 Å². The molecule has 0 bridgehead atoms. The first-order valence-electron chi connectivity index (χ1n) is 8.56. The Morgan fingerprint density at radius 2 is 1.56 bits per heavy atom. The Hall–Kier alpha value is -3.48. The largest absolute Gasteiger partial charge is 0.421 e. The Morgan fingerprint density at radius 1 is 0.926 bits per heavy atom. The minimum atomic E-state index is -0.155. The Morgan fingerprint density at radius 3 is 2.19 bits per heavy atom. The zero-order valence-electron chi connectivity index (χ0n) is 15.2. The summed E-state index contributed by atoms with van der Waals surface area (Å²) in [6.45, 7) is 3.45. The van der Waals surface area contributed by atoms with Gasteiger partial charge in [0.25, 0.3) is 0 Å². The first-order chi connectivity index (χ1) is 13.0. The highest BCUT2D eigenvalue weighted by Gasteiger charge is 2.11. The maximum Gasteiger partial charge on any atom is 0.247 e. The maximum absolute atomic E-state index is 12.1. The molecular weight excluding hydrogens is 344 g/mol. The number of carbonyl (C=O) groups is 2. The first-order valence-corrected chi connectivity index (χ1v) is 8.56. The van der Waals surface area contributed by atoms with E-state index in [1.165, 1.54) is 6.92 Å². The molecule has 2 N–H and O–H groups in total. The van der Waals surface area contributed by atoms with E-state index in [9.17, 15) is 9.59 Å². The predicted octanol–water partition coefficient (Wildman–Crippen LogP) is 3.57. The van der Waals surface area contributed by atoms with Gasteiger partial charge < -0.3 is 15.1 Å². The van der Waals surface area contributed by atoms with Gasteiger partial charge in [-0.15, -0.1) is 10.2 Å². The van der Waals surface area contributed by atoms with Gasteiger partial charge in [0, 0.05) is 36.7 Å². The van der Waals surface area contributed by atoms with Gasteiger partial charge in [-0.3, -0.25) is 9.59 Å². The number of aryl methyl sites for hydroxylation is 2. The fourth-order valence-corrected chi connectivity index (χ4v) is 2.45. The van der Waals surface area contributed by atoms with Crippen LogP contribution in [0.25, 0.3) is 11.5 Å². The van der Waals surface area contributed by atoms with Crippen molar-refractivity contribution in [3.63, 3.8) is 0 Å². The van der Waals surface area contributed by atoms with Crippen molar-refractivity contribution in [2.45, 2.75) is 26.7 Å². The summed E-state index contributed by atoms with van der Waals surface area (Å²) in [7, 11) is 0. The molecule has 0 saturated carbocycles. The highest BCUT2D eigenvalue weighted by molar-refractivity contribution is 5.92. The van der Waals surface area contributed by atoms with Crippen molar-refractivity contribution >= 4 is 23.2 Å². The van der Waals surface area contributed by atoms with Crippen LogP contribution in [0.2, 0.25) is 0 Å². The van der Waals surface area contributed by atoms with E-state index in [-0.39, 0.29) is 18.2 Å². The number of hydrogen-bond donors (Lipinski definition) is 2. The minimum Gasteiger partial charge on any atom is -0.421 e. The predicted molar refractivity (Wildman–Crippen MR) is 102 cm³/mol. The van der Waals surface area contributed by atoms with Gasteiger partial charge in [0.1, 0.15) is 0 Å². The number of carbonyl (C=O) groups excluding carboxylic acids is 2. The van der Waals surface area contributed by atoms with Crippen LogP contribution in [0.4, 0.5) is 11.4 Å². The second kappa shape index (κ2) is 8.27. The third-order valence-corrected chi connectivity index (χ3v) is 3.82. The number of anilines is 2. The summed E-state index contributed by atoms with van der Waals surface area (Å²) in [6.07, 6.45) is 0.581. The Bertz CT molecular complexity index is 931. The van der Waals surface area contributed by atoms with Crippen LogP contribution in [-0.2, 0) is 16.0 Å². The van der Waals surface area contributed by atoms with E-state index in [0.717, 1.165) is 11.1 Å². The summed E-state index contributed by atoms with van der Waals surface area (Å²) in [6, 6.07) is 14.7. The van der Waals surface area contributed by atoms with Crippen molar-refractivity contribution in [1.82, 2.24) is 10.2 Å². The van der Waals surface area contributed by atoms with Gasteiger partial charge in [-0.05, 0) is 43.3 Å². The molecular formula is C20H20N4O3. The summed E-state index contributed by atoms with van der Waals surface area (Å²) in [5.74, 6) is 0.564. The summed E-state index contributed by atoms with van der Waals surface area (Å²) in [5.41, 5.74) is 3.33. The zero-order chi connectivity index (χ0) is 19.2. The van der Waals surface area contributed by atoms with E-state index in [4.69, 9.17) is 4.42 Å². The number of benzene rings is 2. The van der Waals surface area contributed by atoms with Crippen LogP contribution in [0.5, 0.6) is 0 Å². The maximum atomic E-state index is 12.1. The number of rotatable bonds is 6. The topological polar surface area (TPSA) is 97.1 Å². The van der Waals surface area contributed by atoms with Crippen molar-refractivity contribution in [2.75, 3.05) is 10.6 Å². The van der Waals surface area contributed by atoms with E-state index < -0.39 is 0 Å². The van der Waals surface area contributed by atoms with Gasteiger partial charge in [-0.25, -0.2) is 0 Å². The van der Waals surface area contributed by atoms with Gasteiger partial charge >= 0.3 is 0 Å². The van der Waals surface area contributed by atoms with E-state index in [1.807, 2.05) is 31.2 Å². The monoisotopic (exact) mass is 364 g/mol. The average molecular weight is 364 g/mol. The van der Waals surface area contributed by atoms with Crippen molar-refractivity contribution < 1.29 is 14.0 Å². The summed E-state index contributed by atoms with van der Waals surface area (Å²) >= 11 is 0.